The highest BCUT2D eigenvalue weighted by atomic mass is 32.2. The molecule has 22 heavy (non-hydrogen) atoms. The van der Waals surface area contributed by atoms with Crippen LogP contribution in [0.3, 0.4) is 0 Å². The van der Waals surface area contributed by atoms with Crippen LogP contribution in [0.2, 0.25) is 0 Å². The van der Waals surface area contributed by atoms with Crippen molar-refractivity contribution in [1.29, 1.82) is 0 Å². The summed E-state index contributed by atoms with van der Waals surface area (Å²) in [6.07, 6.45) is 7.36. The number of benzene rings is 1. The largest absolute Gasteiger partial charge is 0.330 e. The van der Waals surface area contributed by atoms with E-state index in [-0.39, 0.29) is 0 Å². The first-order valence-electron chi connectivity index (χ1n) is 7.58. The molecule has 118 valence electrons. The third-order valence-corrected chi connectivity index (χ3v) is 5.42. The van der Waals surface area contributed by atoms with E-state index < -0.39 is 9.84 Å². The SMILES string of the molecule is CS(=O)(=O)c1cccc(-n2ncc3c2CCCC3CCN)c1. The Balaban J connectivity index is 2.04. The summed E-state index contributed by atoms with van der Waals surface area (Å²) in [5, 5.41) is 4.50. The molecule has 5 nitrogen and oxygen atoms in total. The number of hydrogen-bond donors (Lipinski definition) is 1. The fourth-order valence-electron chi connectivity index (χ4n) is 3.22. The zero-order valence-electron chi connectivity index (χ0n) is 12.7. The molecule has 0 radical (unpaired) electrons. The van der Waals surface area contributed by atoms with Crippen LogP contribution in [0.4, 0.5) is 0 Å². The van der Waals surface area contributed by atoms with Crippen LogP contribution in [0.1, 0.15) is 36.4 Å². The molecule has 2 aromatic rings. The fourth-order valence-corrected chi connectivity index (χ4v) is 3.88. The minimum Gasteiger partial charge on any atom is -0.330 e. The Bertz CT molecular complexity index is 780. The van der Waals surface area contributed by atoms with E-state index in [4.69, 9.17) is 5.73 Å². The van der Waals surface area contributed by atoms with Crippen molar-refractivity contribution >= 4 is 9.84 Å². The van der Waals surface area contributed by atoms with Gasteiger partial charge >= 0.3 is 0 Å². The van der Waals surface area contributed by atoms with E-state index >= 15 is 0 Å². The van der Waals surface area contributed by atoms with E-state index in [1.165, 1.54) is 17.5 Å². The molecule has 0 saturated carbocycles. The average Bonchev–Trinajstić information content (AvgIpc) is 2.92. The van der Waals surface area contributed by atoms with Gasteiger partial charge in [-0.15, -0.1) is 0 Å². The monoisotopic (exact) mass is 319 g/mol. The maximum atomic E-state index is 11.7. The summed E-state index contributed by atoms with van der Waals surface area (Å²) < 4.78 is 25.4. The minimum absolute atomic E-state index is 0.323. The summed E-state index contributed by atoms with van der Waals surface area (Å²) >= 11 is 0. The van der Waals surface area contributed by atoms with Crippen molar-refractivity contribution in [2.75, 3.05) is 12.8 Å². The van der Waals surface area contributed by atoms with Crippen LogP contribution in [0.25, 0.3) is 5.69 Å². The predicted octanol–water partition coefficient (Wildman–Crippen LogP) is 2.04. The van der Waals surface area contributed by atoms with E-state index in [0.29, 0.717) is 17.4 Å². The van der Waals surface area contributed by atoms with Crippen molar-refractivity contribution in [2.24, 2.45) is 5.73 Å². The first kappa shape index (κ1) is 15.2. The second-order valence-electron chi connectivity index (χ2n) is 5.89. The molecule has 0 aliphatic heterocycles. The molecule has 1 atom stereocenters. The normalized spacial score (nSPS) is 18.2. The highest BCUT2D eigenvalue weighted by Gasteiger charge is 2.24. The van der Waals surface area contributed by atoms with Crippen LogP contribution >= 0.6 is 0 Å². The van der Waals surface area contributed by atoms with Gasteiger partial charge in [-0.2, -0.15) is 5.10 Å². The van der Waals surface area contributed by atoms with Gasteiger partial charge in [0.05, 0.1) is 16.8 Å². The van der Waals surface area contributed by atoms with Crippen LogP contribution in [-0.4, -0.2) is 31.0 Å². The van der Waals surface area contributed by atoms with Gasteiger partial charge < -0.3 is 5.73 Å². The van der Waals surface area contributed by atoms with Crippen LogP contribution in [-0.2, 0) is 16.3 Å². The van der Waals surface area contributed by atoms with Gasteiger partial charge in [-0.3, -0.25) is 0 Å². The lowest BCUT2D eigenvalue weighted by Gasteiger charge is -2.22. The summed E-state index contributed by atoms with van der Waals surface area (Å²) in [6, 6.07) is 6.97. The highest BCUT2D eigenvalue weighted by molar-refractivity contribution is 7.90. The Morgan fingerprint density at radius 3 is 2.95 bits per heavy atom. The average molecular weight is 319 g/mol. The molecule has 0 saturated heterocycles. The zero-order chi connectivity index (χ0) is 15.7. The van der Waals surface area contributed by atoms with Crippen molar-refractivity contribution in [3.05, 3.63) is 41.7 Å². The Labute approximate surface area is 131 Å². The molecule has 0 fully saturated rings. The molecule has 1 aromatic carbocycles. The second kappa shape index (κ2) is 5.85. The summed E-state index contributed by atoms with van der Waals surface area (Å²) in [6.45, 7) is 0.679. The molecule has 3 rings (SSSR count). The van der Waals surface area contributed by atoms with E-state index in [2.05, 4.69) is 5.10 Å². The molecule has 0 amide bonds. The lowest BCUT2D eigenvalue weighted by atomic mass is 9.85. The Morgan fingerprint density at radius 2 is 2.23 bits per heavy atom. The third kappa shape index (κ3) is 2.80. The van der Waals surface area contributed by atoms with Gasteiger partial charge in [0.25, 0.3) is 0 Å². The van der Waals surface area contributed by atoms with Crippen molar-refractivity contribution < 1.29 is 8.42 Å². The second-order valence-corrected chi connectivity index (χ2v) is 7.91. The summed E-state index contributed by atoms with van der Waals surface area (Å²) in [4.78, 5) is 0.323. The summed E-state index contributed by atoms with van der Waals surface area (Å²) in [5.74, 6) is 0.473. The molecule has 1 aliphatic carbocycles. The molecule has 1 unspecified atom stereocenters. The van der Waals surface area contributed by atoms with Gasteiger partial charge in [0.2, 0.25) is 0 Å². The number of hydrogen-bond acceptors (Lipinski definition) is 4. The van der Waals surface area contributed by atoms with Crippen molar-refractivity contribution in [3.63, 3.8) is 0 Å². The van der Waals surface area contributed by atoms with Gasteiger partial charge in [-0.25, -0.2) is 13.1 Å². The quantitative estimate of drug-likeness (QED) is 0.935. The Hall–Kier alpha value is -1.66. The number of aromatic nitrogens is 2. The molecule has 6 heteroatoms. The van der Waals surface area contributed by atoms with Gasteiger partial charge in [-0.1, -0.05) is 6.07 Å². The highest BCUT2D eigenvalue weighted by Crippen LogP contribution is 2.34. The van der Waals surface area contributed by atoms with Gasteiger partial charge in [0, 0.05) is 11.9 Å². The first-order chi connectivity index (χ1) is 10.5. The molecule has 1 aliphatic rings. The molecule has 0 spiro atoms. The summed E-state index contributed by atoms with van der Waals surface area (Å²) in [7, 11) is -3.21. The molecule has 2 N–H and O–H groups in total. The van der Waals surface area contributed by atoms with Crippen molar-refractivity contribution in [2.45, 2.75) is 36.5 Å². The molecular formula is C16H21N3O2S. The van der Waals surface area contributed by atoms with E-state index in [1.807, 2.05) is 16.9 Å². The van der Waals surface area contributed by atoms with Gasteiger partial charge in [-0.05, 0) is 61.9 Å². The standard InChI is InChI=1S/C16H21N3O2S/c1-22(20,21)14-6-3-5-13(10-14)19-16-7-2-4-12(8-9-17)15(16)11-18-19/h3,5-6,10-12H,2,4,7-9,17H2,1H3. The number of nitrogens with two attached hydrogens (primary N) is 1. The molecule has 1 heterocycles. The van der Waals surface area contributed by atoms with Crippen molar-refractivity contribution in [1.82, 2.24) is 9.78 Å². The topological polar surface area (TPSA) is 78.0 Å². The number of nitrogens with zero attached hydrogens (tertiary/aromatic N) is 2. The third-order valence-electron chi connectivity index (χ3n) is 4.31. The zero-order valence-corrected chi connectivity index (χ0v) is 13.5. The van der Waals surface area contributed by atoms with Crippen LogP contribution in [0.15, 0.2) is 35.4 Å². The van der Waals surface area contributed by atoms with Crippen LogP contribution in [0, 0.1) is 0 Å². The smallest absolute Gasteiger partial charge is 0.175 e. The number of sulfone groups is 1. The van der Waals surface area contributed by atoms with Gasteiger partial charge in [0.15, 0.2) is 9.84 Å². The maximum Gasteiger partial charge on any atom is 0.175 e. The van der Waals surface area contributed by atoms with E-state index in [0.717, 1.165) is 31.4 Å². The Morgan fingerprint density at radius 1 is 1.41 bits per heavy atom. The minimum atomic E-state index is -3.21. The van der Waals surface area contributed by atoms with Crippen LogP contribution < -0.4 is 5.73 Å². The predicted molar refractivity (Wildman–Crippen MR) is 86.0 cm³/mol. The van der Waals surface area contributed by atoms with Crippen LogP contribution in [0.5, 0.6) is 0 Å². The summed E-state index contributed by atoms with van der Waals surface area (Å²) in [5.41, 5.74) is 8.97. The van der Waals surface area contributed by atoms with Gasteiger partial charge in [0.1, 0.15) is 0 Å². The molecular weight excluding hydrogens is 298 g/mol. The Kier molecular flexibility index (Phi) is 4.06. The van der Waals surface area contributed by atoms with Crippen molar-refractivity contribution in [3.8, 4) is 5.69 Å². The molecule has 0 bridgehead atoms. The lowest BCUT2D eigenvalue weighted by Crippen LogP contribution is -2.15. The van der Waals surface area contributed by atoms with E-state index in [9.17, 15) is 8.42 Å². The number of rotatable bonds is 4. The lowest BCUT2D eigenvalue weighted by molar-refractivity contribution is 0.518. The first-order valence-corrected chi connectivity index (χ1v) is 9.47. The maximum absolute atomic E-state index is 11.7. The number of fused-ring (bicyclic) bond motifs is 1. The molecule has 1 aromatic heterocycles. The fraction of sp³-hybridized carbons (Fsp3) is 0.438. The van der Waals surface area contributed by atoms with E-state index in [1.54, 1.807) is 18.2 Å².